The standard InChI is InChI=1S/C14H18ClIN2/c1-9-6-11(8-18(9)12-3-4-12)17-14-5-2-10(15)7-13(14)16/h2,5,7,9,11-12,17H,3-4,6,8H2,1H3. The normalized spacial score (nSPS) is 28.6. The first-order chi connectivity index (χ1) is 8.63. The van der Waals surface area contributed by atoms with Gasteiger partial charge in [-0.3, -0.25) is 4.90 Å². The van der Waals surface area contributed by atoms with Gasteiger partial charge in [0.2, 0.25) is 0 Å². The molecule has 4 heteroatoms. The summed E-state index contributed by atoms with van der Waals surface area (Å²) in [5.74, 6) is 0. The first kappa shape index (κ1) is 13.0. The third-order valence-corrected chi connectivity index (χ3v) is 5.06. The molecule has 3 rings (SSSR count). The molecule has 1 aliphatic carbocycles. The Morgan fingerprint density at radius 2 is 2.17 bits per heavy atom. The molecule has 1 aromatic carbocycles. The Balaban J connectivity index is 1.66. The molecule has 0 bridgehead atoms. The van der Waals surface area contributed by atoms with Gasteiger partial charge in [-0.25, -0.2) is 0 Å². The zero-order valence-corrected chi connectivity index (χ0v) is 13.4. The van der Waals surface area contributed by atoms with Crippen molar-refractivity contribution < 1.29 is 0 Å². The van der Waals surface area contributed by atoms with Crippen LogP contribution in [0.4, 0.5) is 5.69 Å². The maximum Gasteiger partial charge on any atom is 0.0479 e. The fourth-order valence-corrected chi connectivity index (χ4v) is 3.93. The molecule has 2 atom stereocenters. The van der Waals surface area contributed by atoms with E-state index in [1.54, 1.807) is 0 Å². The van der Waals surface area contributed by atoms with Gasteiger partial charge in [0.05, 0.1) is 0 Å². The third-order valence-electron chi connectivity index (χ3n) is 3.93. The van der Waals surface area contributed by atoms with Crippen LogP contribution in [0.25, 0.3) is 0 Å². The Hall–Kier alpha value is -0.0000000000000000763. The highest BCUT2D eigenvalue weighted by Gasteiger charge is 2.38. The summed E-state index contributed by atoms with van der Waals surface area (Å²) in [4.78, 5) is 2.67. The van der Waals surface area contributed by atoms with Crippen molar-refractivity contribution in [3.63, 3.8) is 0 Å². The van der Waals surface area contributed by atoms with Gasteiger partial charge in [0, 0.05) is 39.0 Å². The number of hydrogen-bond acceptors (Lipinski definition) is 2. The number of nitrogens with one attached hydrogen (secondary N) is 1. The summed E-state index contributed by atoms with van der Waals surface area (Å²) >= 11 is 8.34. The lowest BCUT2D eigenvalue weighted by Gasteiger charge is -2.20. The predicted octanol–water partition coefficient (Wildman–Crippen LogP) is 3.98. The molecule has 1 saturated carbocycles. The Morgan fingerprint density at radius 1 is 1.39 bits per heavy atom. The number of likely N-dealkylation sites (tertiary alicyclic amines) is 1. The van der Waals surface area contributed by atoms with Crippen molar-refractivity contribution >= 4 is 39.9 Å². The van der Waals surface area contributed by atoms with Gasteiger partial charge in [-0.05, 0) is 67.0 Å². The molecule has 0 amide bonds. The van der Waals surface area contributed by atoms with Crippen molar-refractivity contribution in [1.82, 2.24) is 4.90 Å². The molecule has 0 spiro atoms. The SMILES string of the molecule is CC1CC(Nc2ccc(Cl)cc2I)CN1C1CC1. The molecule has 2 fully saturated rings. The van der Waals surface area contributed by atoms with Crippen LogP contribution in [0, 0.1) is 3.57 Å². The summed E-state index contributed by atoms with van der Waals surface area (Å²) in [5.41, 5.74) is 1.22. The maximum atomic E-state index is 5.99. The van der Waals surface area contributed by atoms with Gasteiger partial charge in [0.15, 0.2) is 0 Å². The topological polar surface area (TPSA) is 15.3 Å². The average Bonchev–Trinajstić information content (AvgIpc) is 3.08. The van der Waals surface area contributed by atoms with Gasteiger partial charge in [-0.2, -0.15) is 0 Å². The van der Waals surface area contributed by atoms with Gasteiger partial charge in [-0.15, -0.1) is 0 Å². The van der Waals surface area contributed by atoms with Crippen LogP contribution in [0.2, 0.25) is 5.02 Å². The molecule has 1 N–H and O–H groups in total. The maximum absolute atomic E-state index is 5.99. The van der Waals surface area contributed by atoms with Crippen molar-refractivity contribution in [2.24, 2.45) is 0 Å². The van der Waals surface area contributed by atoms with Crippen LogP contribution in [-0.4, -0.2) is 29.6 Å². The zero-order valence-electron chi connectivity index (χ0n) is 10.5. The molecule has 1 saturated heterocycles. The molecule has 1 aliphatic heterocycles. The Labute approximate surface area is 127 Å². The largest absolute Gasteiger partial charge is 0.380 e. The molecule has 18 heavy (non-hydrogen) atoms. The minimum Gasteiger partial charge on any atom is -0.380 e. The van der Waals surface area contributed by atoms with E-state index in [2.05, 4.69) is 45.8 Å². The molecule has 2 unspecified atom stereocenters. The van der Waals surface area contributed by atoms with E-state index in [1.165, 1.54) is 35.1 Å². The van der Waals surface area contributed by atoms with Crippen LogP contribution in [0.1, 0.15) is 26.2 Å². The number of hydrogen-bond donors (Lipinski definition) is 1. The fraction of sp³-hybridized carbons (Fsp3) is 0.571. The summed E-state index contributed by atoms with van der Waals surface area (Å²) in [6.07, 6.45) is 4.04. The van der Waals surface area contributed by atoms with Gasteiger partial charge < -0.3 is 5.32 Å². The highest BCUT2D eigenvalue weighted by atomic mass is 127. The summed E-state index contributed by atoms with van der Waals surface area (Å²) in [6.45, 7) is 3.54. The van der Waals surface area contributed by atoms with E-state index in [4.69, 9.17) is 11.6 Å². The fourth-order valence-electron chi connectivity index (χ4n) is 2.90. The van der Waals surface area contributed by atoms with Crippen LogP contribution in [0.5, 0.6) is 0 Å². The van der Waals surface area contributed by atoms with Crippen molar-refractivity contribution in [2.45, 2.75) is 44.3 Å². The summed E-state index contributed by atoms with van der Waals surface area (Å²) in [7, 11) is 0. The van der Waals surface area contributed by atoms with E-state index >= 15 is 0 Å². The Kier molecular flexibility index (Phi) is 3.74. The van der Waals surface area contributed by atoms with E-state index < -0.39 is 0 Å². The van der Waals surface area contributed by atoms with Crippen LogP contribution in [-0.2, 0) is 0 Å². The van der Waals surface area contributed by atoms with Gasteiger partial charge in [-0.1, -0.05) is 11.6 Å². The average molecular weight is 377 g/mol. The van der Waals surface area contributed by atoms with Crippen molar-refractivity contribution in [2.75, 3.05) is 11.9 Å². The first-order valence-corrected chi connectivity index (χ1v) is 8.06. The van der Waals surface area contributed by atoms with Crippen LogP contribution < -0.4 is 5.32 Å². The van der Waals surface area contributed by atoms with E-state index in [0.717, 1.165) is 17.1 Å². The van der Waals surface area contributed by atoms with E-state index in [0.29, 0.717) is 6.04 Å². The van der Waals surface area contributed by atoms with Crippen molar-refractivity contribution in [1.29, 1.82) is 0 Å². The molecule has 0 radical (unpaired) electrons. The molecule has 1 aromatic rings. The molecule has 2 aliphatic rings. The zero-order chi connectivity index (χ0) is 12.7. The highest BCUT2D eigenvalue weighted by Crippen LogP contribution is 2.34. The van der Waals surface area contributed by atoms with Gasteiger partial charge in [0.25, 0.3) is 0 Å². The van der Waals surface area contributed by atoms with Crippen LogP contribution in [0.15, 0.2) is 18.2 Å². The second-order valence-electron chi connectivity index (χ2n) is 5.48. The van der Waals surface area contributed by atoms with Crippen molar-refractivity contribution in [3.05, 3.63) is 26.8 Å². The summed E-state index contributed by atoms with van der Waals surface area (Å²) < 4.78 is 1.21. The van der Waals surface area contributed by atoms with Gasteiger partial charge >= 0.3 is 0 Å². The smallest absolute Gasteiger partial charge is 0.0479 e. The number of halogens is 2. The third kappa shape index (κ3) is 2.78. The second kappa shape index (κ2) is 5.17. The van der Waals surface area contributed by atoms with Crippen LogP contribution in [0.3, 0.4) is 0 Å². The first-order valence-electron chi connectivity index (χ1n) is 6.61. The van der Waals surface area contributed by atoms with Gasteiger partial charge in [0.1, 0.15) is 0 Å². The number of nitrogens with zero attached hydrogens (tertiary/aromatic N) is 1. The number of benzene rings is 1. The predicted molar refractivity (Wildman–Crippen MR) is 85.4 cm³/mol. The summed E-state index contributed by atoms with van der Waals surface area (Å²) in [5, 5.41) is 4.48. The highest BCUT2D eigenvalue weighted by molar-refractivity contribution is 14.1. The summed E-state index contributed by atoms with van der Waals surface area (Å²) in [6, 6.07) is 8.24. The quantitative estimate of drug-likeness (QED) is 0.803. The number of anilines is 1. The Morgan fingerprint density at radius 3 is 2.83 bits per heavy atom. The van der Waals surface area contributed by atoms with E-state index in [9.17, 15) is 0 Å². The Bertz CT molecular complexity index is 447. The molecule has 1 heterocycles. The monoisotopic (exact) mass is 376 g/mol. The minimum absolute atomic E-state index is 0.579. The molecular formula is C14H18ClIN2. The molecule has 98 valence electrons. The second-order valence-corrected chi connectivity index (χ2v) is 7.08. The molecule has 2 nitrogen and oxygen atoms in total. The van der Waals surface area contributed by atoms with E-state index in [1.807, 2.05) is 12.1 Å². The molecular weight excluding hydrogens is 359 g/mol. The minimum atomic E-state index is 0.579. The lowest BCUT2D eigenvalue weighted by Crippen LogP contribution is -2.31. The molecule has 0 aromatic heterocycles. The van der Waals surface area contributed by atoms with E-state index in [-0.39, 0.29) is 0 Å². The van der Waals surface area contributed by atoms with Crippen LogP contribution >= 0.6 is 34.2 Å². The lowest BCUT2D eigenvalue weighted by molar-refractivity contribution is 0.257. The van der Waals surface area contributed by atoms with Crippen molar-refractivity contribution in [3.8, 4) is 0 Å². The lowest BCUT2D eigenvalue weighted by atomic mass is 10.2. The number of rotatable bonds is 3.